The number of nitrogens with zero attached hydrogens (tertiary/aromatic N) is 2. The summed E-state index contributed by atoms with van der Waals surface area (Å²) in [7, 11) is 0. The number of alkyl carbamates (subject to hydrolysis) is 1. The fourth-order valence-corrected chi connectivity index (χ4v) is 4.68. The van der Waals surface area contributed by atoms with Crippen LogP contribution in [0.3, 0.4) is 0 Å². The Bertz CT molecular complexity index is 1310. The number of amides is 4. The molecule has 4 amide bonds. The molecule has 0 aromatic heterocycles. The standard InChI is InChI=1S/C34H49N7O5/c1-23(2)20-27(35)31(43)41(29(24(3)4)21-39-30(42)18-17-25-12-7-5-8-13-25)32(44)28(16-11-19-38-33(36)37)40-34(45)46-22-26-14-9-6-10-15-26/h5-10,12-15,17-18,23-24,27-29H,11,16,19-22,35H2,1-4H3,(H,39,42)(H,40,45)(H4,36,37,38)/b18-17+/t27-,28+,29-/m1/s1. The lowest BCUT2D eigenvalue weighted by molar-refractivity contribution is -0.151. The zero-order valence-electron chi connectivity index (χ0n) is 27.2. The van der Waals surface area contributed by atoms with Crippen LogP contribution in [-0.2, 0) is 25.7 Å². The van der Waals surface area contributed by atoms with Gasteiger partial charge in [0.05, 0.1) is 12.1 Å². The smallest absolute Gasteiger partial charge is 0.408 e. The van der Waals surface area contributed by atoms with Crippen molar-refractivity contribution in [3.8, 4) is 0 Å². The summed E-state index contributed by atoms with van der Waals surface area (Å²) in [6, 6.07) is 15.5. The first-order valence-electron chi connectivity index (χ1n) is 15.5. The maximum atomic E-state index is 14.3. The molecule has 46 heavy (non-hydrogen) atoms. The molecule has 12 heteroatoms. The zero-order chi connectivity index (χ0) is 34.1. The van der Waals surface area contributed by atoms with Crippen LogP contribution in [0.5, 0.6) is 0 Å². The molecule has 0 bridgehead atoms. The maximum Gasteiger partial charge on any atom is 0.408 e. The van der Waals surface area contributed by atoms with Crippen LogP contribution in [-0.4, -0.2) is 65.9 Å². The zero-order valence-corrected chi connectivity index (χ0v) is 27.2. The number of carbonyl (C=O) groups is 4. The van der Waals surface area contributed by atoms with Crippen molar-refractivity contribution >= 4 is 35.9 Å². The fraction of sp³-hybridized carbons (Fsp3) is 0.441. The van der Waals surface area contributed by atoms with Gasteiger partial charge in [0, 0.05) is 19.2 Å². The number of aliphatic imine (C=N–C) groups is 1. The van der Waals surface area contributed by atoms with E-state index < -0.39 is 41.9 Å². The van der Waals surface area contributed by atoms with Crippen LogP contribution in [0.2, 0.25) is 0 Å². The van der Waals surface area contributed by atoms with Crippen molar-refractivity contribution in [2.75, 3.05) is 13.1 Å². The molecule has 0 unspecified atom stereocenters. The predicted molar refractivity (Wildman–Crippen MR) is 180 cm³/mol. The van der Waals surface area contributed by atoms with Gasteiger partial charge in [-0.15, -0.1) is 0 Å². The van der Waals surface area contributed by atoms with Crippen molar-refractivity contribution in [3.63, 3.8) is 0 Å². The molecule has 0 aliphatic carbocycles. The first-order chi connectivity index (χ1) is 21.9. The van der Waals surface area contributed by atoms with E-state index in [0.717, 1.165) is 16.0 Å². The third-order valence-corrected chi connectivity index (χ3v) is 7.08. The van der Waals surface area contributed by atoms with Gasteiger partial charge in [-0.2, -0.15) is 0 Å². The van der Waals surface area contributed by atoms with Crippen LogP contribution in [0, 0.1) is 11.8 Å². The summed E-state index contributed by atoms with van der Waals surface area (Å²) in [5.74, 6) is -1.95. The Morgan fingerprint density at radius 1 is 0.935 bits per heavy atom. The number of nitrogens with two attached hydrogens (primary N) is 3. The molecule has 2 aromatic rings. The molecule has 0 saturated carbocycles. The van der Waals surface area contributed by atoms with Crippen LogP contribution in [0.25, 0.3) is 6.08 Å². The highest BCUT2D eigenvalue weighted by molar-refractivity contribution is 6.01. The number of imide groups is 1. The molecule has 2 aromatic carbocycles. The van der Waals surface area contributed by atoms with Crippen molar-refractivity contribution in [2.24, 2.45) is 34.0 Å². The average molecular weight is 636 g/mol. The predicted octanol–water partition coefficient (Wildman–Crippen LogP) is 2.92. The monoisotopic (exact) mass is 635 g/mol. The third-order valence-electron chi connectivity index (χ3n) is 7.08. The van der Waals surface area contributed by atoms with Crippen molar-refractivity contribution in [1.82, 2.24) is 15.5 Å². The van der Waals surface area contributed by atoms with Crippen LogP contribution >= 0.6 is 0 Å². The molecule has 0 radical (unpaired) electrons. The SMILES string of the molecule is CC(C)C[C@@H](N)C(=O)N(C(=O)[C@H](CCCN=C(N)N)NC(=O)OCc1ccccc1)[C@H](CNC(=O)/C=C/c1ccccc1)C(C)C. The third kappa shape index (κ3) is 13.5. The van der Waals surface area contributed by atoms with Gasteiger partial charge in [-0.25, -0.2) is 4.79 Å². The maximum absolute atomic E-state index is 14.3. The summed E-state index contributed by atoms with van der Waals surface area (Å²) in [6.07, 6.45) is 2.99. The molecule has 0 aliphatic heterocycles. The van der Waals surface area contributed by atoms with Crippen LogP contribution < -0.4 is 27.8 Å². The molecule has 3 atom stereocenters. The van der Waals surface area contributed by atoms with Gasteiger partial charge < -0.3 is 32.6 Å². The van der Waals surface area contributed by atoms with E-state index in [1.807, 2.05) is 76.2 Å². The molecule has 0 spiro atoms. The lowest BCUT2D eigenvalue weighted by atomic mass is 9.97. The van der Waals surface area contributed by atoms with Gasteiger partial charge >= 0.3 is 6.09 Å². The highest BCUT2D eigenvalue weighted by atomic mass is 16.5. The van der Waals surface area contributed by atoms with Crippen molar-refractivity contribution in [1.29, 1.82) is 0 Å². The van der Waals surface area contributed by atoms with Gasteiger partial charge in [0.2, 0.25) is 11.8 Å². The van der Waals surface area contributed by atoms with Gasteiger partial charge in [0.1, 0.15) is 12.6 Å². The second-order valence-corrected chi connectivity index (χ2v) is 11.8. The van der Waals surface area contributed by atoms with Crippen molar-refractivity contribution in [2.45, 2.75) is 71.7 Å². The average Bonchev–Trinajstić information content (AvgIpc) is 3.02. The van der Waals surface area contributed by atoms with E-state index in [-0.39, 0.29) is 43.9 Å². The van der Waals surface area contributed by atoms with E-state index in [1.165, 1.54) is 6.08 Å². The molecule has 0 aliphatic rings. The molecular formula is C34H49N7O5. The summed E-state index contributed by atoms with van der Waals surface area (Å²) in [5.41, 5.74) is 18.9. The van der Waals surface area contributed by atoms with Crippen molar-refractivity contribution < 1.29 is 23.9 Å². The summed E-state index contributed by atoms with van der Waals surface area (Å²) >= 11 is 0. The Balaban J connectivity index is 2.34. The van der Waals surface area contributed by atoms with Crippen molar-refractivity contribution in [3.05, 3.63) is 77.9 Å². The highest BCUT2D eigenvalue weighted by Gasteiger charge is 2.38. The normalized spacial score (nSPS) is 13.1. The molecular weight excluding hydrogens is 586 g/mol. The number of hydrogen-bond acceptors (Lipinski definition) is 7. The largest absolute Gasteiger partial charge is 0.445 e. The Labute approximate surface area is 271 Å². The van der Waals surface area contributed by atoms with E-state index in [1.54, 1.807) is 18.2 Å². The second kappa shape index (κ2) is 19.6. The van der Waals surface area contributed by atoms with Gasteiger partial charge in [-0.1, -0.05) is 88.4 Å². The molecule has 12 nitrogen and oxygen atoms in total. The molecule has 8 N–H and O–H groups in total. The van der Waals surface area contributed by atoms with Crippen LogP contribution in [0.4, 0.5) is 4.79 Å². The van der Waals surface area contributed by atoms with E-state index >= 15 is 0 Å². The molecule has 0 heterocycles. The van der Waals surface area contributed by atoms with Gasteiger partial charge in [-0.05, 0) is 48.3 Å². The summed E-state index contributed by atoms with van der Waals surface area (Å²) in [6.45, 7) is 7.69. The molecule has 2 rings (SSSR count). The van der Waals surface area contributed by atoms with Crippen LogP contribution in [0.1, 0.15) is 58.1 Å². The Hall–Kier alpha value is -4.71. The first kappa shape index (κ1) is 37.5. The summed E-state index contributed by atoms with van der Waals surface area (Å²) in [5, 5.41) is 5.45. The van der Waals surface area contributed by atoms with Gasteiger partial charge in [0.25, 0.3) is 5.91 Å². The van der Waals surface area contributed by atoms with E-state index in [9.17, 15) is 19.2 Å². The number of carbonyl (C=O) groups excluding carboxylic acids is 4. The minimum Gasteiger partial charge on any atom is -0.445 e. The number of guanidine groups is 1. The Morgan fingerprint density at radius 2 is 1.57 bits per heavy atom. The Morgan fingerprint density at radius 3 is 2.15 bits per heavy atom. The van der Waals surface area contributed by atoms with E-state index in [4.69, 9.17) is 21.9 Å². The quantitative estimate of drug-likeness (QED) is 0.0757. The highest BCUT2D eigenvalue weighted by Crippen LogP contribution is 2.18. The minimum atomic E-state index is -1.16. The second-order valence-electron chi connectivity index (χ2n) is 11.8. The fourth-order valence-electron chi connectivity index (χ4n) is 4.68. The summed E-state index contributed by atoms with van der Waals surface area (Å²) in [4.78, 5) is 58.9. The minimum absolute atomic E-state index is 0.0133. The number of rotatable bonds is 17. The lowest BCUT2D eigenvalue weighted by Gasteiger charge is -2.37. The lowest BCUT2D eigenvalue weighted by Crippen LogP contribution is -2.61. The number of ether oxygens (including phenoxy) is 1. The summed E-state index contributed by atoms with van der Waals surface area (Å²) < 4.78 is 5.38. The molecule has 0 saturated heterocycles. The van der Waals surface area contributed by atoms with Gasteiger partial charge in [0.15, 0.2) is 5.96 Å². The number of benzene rings is 2. The molecule has 250 valence electrons. The van der Waals surface area contributed by atoms with E-state index in [2.05, 4.69) is 15.6 Å². The van der Waals surface area contributed by atoms with Gasteiger partial charge in [-0.3, -0.25) is 24.3 Å². The Kier molecular flexibility index (Phi) is 16.0. The van der Waals surface area contributed by atoms with E-state index in [0.29, 0.717) is 12.8 Å². The topological polar surface area (TPSA) is 195 Å². The first-order valence-corrected chi connectivity index (χ1v) is 15.5. The number of hydrogen-bond donors (Lipinski definition) is 5. The van der Waals surface area contributed by atoms with Crippen LogP contribution in [0.15, 0.2) is 71.7 Å². The number of nitrogens with one attached hydrogen (secondary N) is 2. The molecule has 0 fully saturated rings.